The van der Waals surface area contributed by atoms with Gasteiger partial charge in [-0.15, -0.1) is 0 Å². The first-order chi connectivity index (χ1) is 7.70. The first-order valence-electron chi connectivity index (χ1n) is 6.67. The van der Waals surface area contributed by atoms with Crippen LogP contribution >= 0.6 is 0 Å². The molecular formula is C14H25NO2. The number of nitrogens with zero attached hydrogens (tertiary/aromatic N) is 1. The summed E-state index contributed by atoms with van der Waals surface area (Å²) in [6.07, 6.45) is 2.37. The molecule has 0 aromatic heterocycles. The number of amides is 1. The van der Waals surface area contributed by atoms with Crippen molar-refractivity contribution in [3.63, 3.8) is 0 Å². The first kappa shape index (κ1) is 12.7. The number of carbonyl (C=O) groups is 1. The molecule has 2 fully saturated rings. The van der Waals surface area contributed by atoms with Gasteiger partial charge in [0.25, 0.3) is 0 Å². The van der Waals surface area contributed by atoms with Crippen molar-refractivity contribution in [3.05, 3.63) is 0 Å². The van der Waals surface area contributed by atoms with Crippen molar-refractivity contribution >= 4 is 6.09 Å². The van der Waals surface area contributed by atoms with Gasteiger partial charge in [-0.25, -0.2) is 4.79 Å². The van der Waals surface area contributed by atoms with E-state index in [2.05, 4.69) is 13.8 Å². The zero-order valence-electron chi connectivity index (χ0n) is 11.7. The SMILES string of the molecule is CC1CC2CN(C(=O)OC(C)(C)C)C[C@]2(C)C1. The van der Waals surface area contributed by atoms with Crippen LogP contribution < -0.4 is 0 Å². The van der Waals surface area contributed by atoms with E-state index in [1.165, 1.54) is 12.8 Å². The van der Waals surface area contributed by atoms with Crippen LogP contribution in [0.15, 0.2) is 0 Å². The topological polar surface area (TPSA) is 29.5 Å². The summed E-state index contributed by atoms with van der Waals surface area (Å²) in [5, 5.41) is 0. The van der Waals surface area contributed by atoms with Crippen LogP contribution in [0, 0.1) is 17.3 Å². The van der Waals surface area contributed by atoms with E-state index < -0.39 is 0 Å². The second-order valence-corrected chi connectivity index (χ2v) is 7.26. The van der Waals surface area contributed by atoms with Crippen molar-refractivity contribution in [2.24, 2.45) is 17.3 Å². The molecule has 0 spiro atoms. The highest BCUT2D eigenvalue weighted by Crippen LogP contribution is 2.50. The standard InChI is InChI=1S/C14H25NO2/c1-10-6-11-8-15(9-14(11,5)7-10)12(16)17-13(2,3)4/h10-11H,6-9H2,1-5H3/t10?,11?,14-/m0/s1. The molecule has 98 valence electrons. The Kier molecular flexibility index (Phi) is 2.91. The average Bonchev–Trinajstić information content (AvgIpc) is 2.51. The lowest BCUT2D eigenvalue weighted by Gasteiger charge is -2.26. The summed E-state index contributed by atoms with van der Waals surface area (Å²) in [5.74, 6) is 1.48. The molecule has 1 heterocycles. The van der Waals surface area contributed by atoms with Crippen LogP contribution in [0.25, 0.3) is 0 Å². The molecule has 3 nitrogen and oxygen atoms in total. The van der Waals surface area contributed by atoms with Crippen molar-refractivity contribution < 1.29 is 9.53 Å². The van der Waals surface area contributed by atoms with Crippen LogP contribution in [0.1, 0.15) is 47.5 Å². The Labute approximate surface area is 105 Å². The maximum atomic E-state index is 12.0. The number of ether oxygens (including phenoxy) is 1. The van der Waals surface area contributed by atoms with Crippen LogP contribution in [0.4, 0.5) is 4.79 Å². The van der Waals surface area contributed by atoms with E-state index in [-0.39, 0.29) is 11.7 Å². The zero-order valence-corrected chi connectivity index (χ0v) is 11.7. The molecule has 0 radical (unpaired) electrons. The molecule has 1 aliphatic carbocycles. The van der Waals surface area contributed by atoms with Gasteiger partial charge < -0.3 is 9.64 Å². The van der Waals surface area contributed by atoms with E-state index >= 15 is 0 Å². The fraction of sp³-hybridized carbons (Fsp3) is 0.929. The summed E-state index contributed by atoms with van der Waals surface area (Å²) in [7, 11) is 0. The molecule has 0 bridgehead atoms. The summed E-state index contributed by atoms with van der Waals surface area (Å²) >= 11 is 0. The predicted molar refractivity (Wildman–Crippen MR) is 67.8 cm³/mol. The van der Waals surface area contributed by atoms with E-state index in [9.17, 15) is 4.79 Å². The number of hydrogen-bond acceptors (Lipinski definition) is 2. The van der Waals surface area contributed by atoms with Gasteiger partial charge in [0.2, 0.25) is 0 Å². The molecule has 1 aliphatic heterocycles. The number of fused-ring (bicyclic) bond motifs is 1. The summed E-state index contributed by atoms with van der Waals surface area (Å²) in [6.45, 7) is 12.2. The van der Waals surface area contributed by atoms with Crippen LogP contribution in [0.2, 0.25) is 0 Å². The molecule has 3 heteroatoms. The molecule has 2 unspecified atom stereocenters. The molecule has 1 saturated heterocycles. The molecule has 2 aliphatic rings. The van der Waals surface area contributed by atoms with Gasteiger partial charge in [-0.3, -0.25) is 0 Å². The molecule has 3 atom stereocenters. The largest absolute Gasteiger partial charge is 0.444 e. The minimum Gasteiger partial charge on any atom is -0.444 e. The van der Waals surface area contributed by atoms with Gasteiger partial charge in [-0.05, 0) is 50.9 Å². The zero-order chi connectivity index (χ0) is 12.8. The Morgan fingerprint density at radius 3 is 2.59 bits per heavy atom. The van der Waals surface area contributed by atoms with Crippen molar-refractivity contribution in [1.82, 2.24) is 4.90 Å². The van der Waals surface area contributed by atoms with Gasteiger partial charge in [0, 0.05) is 13.1 Å². The third kappa shape index (κ3) is 2.58. The summed E-state index contributed by atoms with van der Waals surface area (Å²) < 4.78 is 5.45. The lowest BCUT2D eigenvalue weighted by molar-refractivity contribution is 0.0267. The summed E-state index contributed by atoms with van der Waals surface area (Å²) in [6, 6.07) is 0. The Hall–Kier alpha value is -0.730. The maximum Gasteiger partial charge on any atom is 0.410 e. The second-order valence-electron chi connectivity index (χ2n) is 7.26. The second kappa shape index (κ2) is 3.89. The lowest BCUT2D eigenvalue weighted by Crippen LogP contribution is -2.36. The Morgan fingerprint density at radius 2 is 2.06 bits per heavy atom. The average molecular weight is 239 g/mol. The third-order valence-electron chi connectivity index (χ3n) is 4.13. The molecule has 1 amide bonds. The molecule has 2 rings (SSSR count). The molecular weight excluding hydrogens is 214 g/mol. The molecule has 1 saturated carbocycles. The van der Waals surface area contributed by atoms with Crippen LogP contribution in [0.5, 0.6) is 0 Å². The van der Waals surface area contributed by atoms with E-state index in [0.717, 1.165) is 19.0 Å². The van der Waals surface area contributed by atoms with E-state index in [1.807, 2.05) is 25.7 Å². The number of hydrogen-bond donors (Lipinski definition) is 0. The Bertz CT molecular complexity index is 321. The van der Waals surface area contributed by atoms with E-state index in [1.54, 1.807) is 0 Å². The highest BCUT2D eigenvalue weighted by molar-refractivity contribution is 5.68. The quantitative estimate of drug-likeness (QED) is 0.649. The third-order valence-corrected chi connectivity index (χ3v) is 4.13. The van der Waals surface area contributed by atoms with Crippen molar-refractivity contribution in [1.29, 1.82) is 0 Å². The number of carbonyl (C=O) groups excluding carboxylic acids is 1. The minimum atomic E-state index is -0.386. The van der Waals surface area contributed by atoms with E-state index in [4.69, 9.17) is 4.74 Å². The number of rotatable bonds is 0. The monoisotopic (exact) mass is 239 g/mol. The fourth-order valence-corrected chi connectivity index (χ4v) is 3.54. The summed E-state index contributed by atoms with van der Waals surface area (Å²) in [5.41, 5.74) is -0.0562. The highest BCUT2D eigenvalue weighted by atomic mass is 16.6. The van der Waals surface area contributed by atoms with Crippen LogP contribution in [-0.2, 0) is 4.74 Å². The van der Waals surface area contributed by atoms with Crippen molar-refractivity contribution in [2.45, 2.75) is 53.1 Å². The van der Waals surface area contributed by atoms with Crippen molar-refractivity contribution in [3.8, 4) is 0 Å². The fourth-order valence-electron chi connectivity index (χ4n) is 3.54. The van der Waals surface area contributed by atoms with Gasteiger partial charge in [0.1, 0.15) is 5.60 Å². The van der Waals surface area contributed by atoms with Crippen LogP contribution in [-0.4, -0.2) is 29.7 Å². The minimum absolute atomic E-state index is 0.138. The number of likely N-dealkylation sites (tertiary alicyclic amines) is 1. The molecule has 0 aromatic carbocycles. The van der Waals surface area contributed by atoms with Crippen molar-refractivity contribution in [2.75, 3.05) is 13.1 Å². The normalized spacial score (nSPS) is 37.1. The van der Waals surface area contributed by atoms with Gasteiger partial charge in [0.05, 0.1) is 0 Å². The maximum absolute atomic E-state index is 12.0. The molecule has 0 N–H and O–H groups in total. The Morgan fingerprint density at radius 1 is 1.41 bits per heavy atom. The van der Waals surface area contributed by atoms with Crippen LogP contribution in [0.3, 0.4) is 0 Å². The van der Waals surface area contributed by atoms with Gasteiger partial charge in [-0.2, -0.15) is 0 Å². The predicted octanol–water partition coefficient (Wildman–Crippen LogP) is 3.29. The van der Waals surface area contributed by atoms with Gasteiger partial charge in [0.15, 0.2) is 0 Å². The van der Waals surface area contributed by atoms with Gasteiger partial charge >= 0.3 is 6.09 Å². The van der Waals surface area contributed by atoms with E-state index in [0.29, 0.717) is 11.3 Å². The smallest absolute Gasteiger partial charge is 0.410 e. The summed E-state index contributed by atoms with van der Waals surface area (Å²) in [4.78, 5) is 13.9. The lowest BCUT2D eigenvalue weighted by atomic mass is 9.83. The first-order valence-corrected chi connectivity index (χ1v) is 6.67. The molecule has 0 aromatic rings. The Balaban J connectivity index is 1.98. The van der Waals surface area contributed by atoms with Gasteiger partial charge in [-0.1, -0.05) is 13.8 Å². The molecule has 17 heavy (non-hydrogen) atoms. The highest BCUT2D eigenvalue weighted by Gasteiger charge is 2.50.